The smallest absolute Gasteiger partial charge is 0.241 e. The number of aliphatic hydroxyl groups excluding tert-OH is 1. The lowest BCUT2D eigenvalue weighted by atomic mass is 9.95. The van der Waals surface area contributed by atoms with Gasteiger partial charge in [0, 0.05) is 6.54 Å². The van der Waals surface area contributed by atoms with Crippen LogP contribution in [-0.2, 0) is 10.0 Å². The van der Waals surface area contributed by atoms with Crippen LogP contribution in [0.25, 0.3) is 0 Å². The van der Waals surface area contributed by atoms with Crippen molar-refractivity contribution in [1.82, 2.24) is 4.72 Å². The second-order valence-corrected chi connectivity index (χ2v) is 8.70. The number of rotatable bonds is 6. The van der Waals surface area contributed by atoms with Gasteiger partial charge in [-0.25, -0.2) is 13.1 Å². The molecule has 132 valence electrons. The number of sulfonamides is 1. The number of hydrogen-bond acceptors (Lipinski definition) is 4. The standard InChI is InChI=1S/C18H25NO3S2/c1-11-12(2)14(4)18(15(5)13(11)3)24(21,22)19-8-6-17(20)16-7-9-23-10-16/h7,9-10,17,19-20H,6,8H2,1-5H3. The molecule has 2 N–H and O–H groups in total. The number of hydrogen-bond donors (Lipinski definition) is 2. The Labute approximate surface area is 148 Å². The second-order valence-electron chi connectivity index (χ2n) is 6.21. The molecule has 1 aromatic carbocycles. The van der Waals surface area contributed by atoms with Crippen LogP contribution in [0.4, 0.5) is 0 Å². The number of benzene rings is 1. The van der Waals surface area contributed by atoms with E-state index in [2.05, 4.69) is 4.72 Å². The zero-order valence-electron chi connectivity index (χ0n) is 14.8. The van der Waals surface area contributed by atoms with Gasteiger partial charge in [0.15, 0.2) is 0 Å². The van der Waals surface area contributed by atoms with Crippen molar-refractivity contribution in [2.75, 3.05) is 6.54 Å². The molecule has 0 aliphatic carbocycles. The predicted molar refractivity (Wildman–Crippen MR) is 99.2 cm³/mol. The van der Waals surface area contributed by atoms with Crippen molar-refractivity contribution in [2.45, 2.75) is 52.0 Å². The van der Waals surface area contributed by atoms with Crippen molar-refractivity contribution in [2.24, 2.45) is 0 Å². The maximum absolute atomic E-state index is 12.8. The summed E-state index contributed by atoms with van der Waals surface area (Å²) >= 11 is 1.51. The normalized spacial score (nSPS) is 13.2. The van der Waals surface area contributed by atoms with E-state index >= 15 is 0 Å². The van der Waals surface area contributed by atoms with Crippen LogP contribution in [0.3, 0.4) is 0 Å². The van der Waals surface area contributed by atoms with E-state index in [9.17, 15) is 13.5 Å². The van der Waals surface area contributed by atoms with Gasteiger partial charge in [-0.1, -0.05) is 0 Å². The summed E-state index contributed by atoms with van der Waals surface area (Å²) in [7, 11) is -3.61. The van der Waals surface area contributed by atoms with Gasteiger partial charge in [-0.15, -0.1) is 0 Å². The summed E-state index contributed by atoms with van der Waals surface area (Å²) < 4.78 is 28.2. The highest BCUT2D eigenvalue weighted by atomic mass is 32.2. The van der Waals surface area contributed by atoms with Gasteiger partial charge in [-0.2, -0.15) is 11.3 Å². The summed E-state index contributed by atoms with van der Waals surface area (Å²) in [6.07, 6.45) is -0.305. The molecule has 1 unspecified atom stereocenters. The maximum Gasteiger partial charge on any atom is 0.241 e. The van der Waals surface area contributed by atoms with Gasteiger partial charge in [-0.3, -0.25) is 0 Å². The zero-order valence-corrected chi connectivity index (χ0v) is 16.4. The fourth-order valence-corrected chi connectivity index (χ4v) is 5.25. The molecule has 2 aromatic rings. The summed E-state index contributed by atoms with van der Waals surface area (Å²) in [6, 6.07) is 1.85. The van der Waals surface area contributed by atoms with Crippen LogP contribution >= 0.6 is 11.3 Å². The molecular weight excluding hydrogens is 342 g/mol. The van der Waals surface area contributed by atoms with Gasteiger partial charge in [0.05, 0.1) is 11.0 Å². The molecule has 0 bridgehead atoms. The predicted octanol–water partition coefficient (Wildman–Crippen LogP) is 3.69. The minimum absolute atomic E-state index is 0.199. The SMILES string of the molecule is Cc1c(C)c(C)c(S(=O)(=O)NCCC(O)c2ccsc2)c(C)c1C. The summed E-state index contributed by atoms with van der Waals surface area (Å²) in [5, 5.41) is 13.9. The van der Waals surface area contributed by atoms with E-state index in [0.717, 1.165) is 33.4 Å². The molecule has 0 saturated heterocycles. The monoisotopic (exact) mass is 367 g/mol. The Morgan fingerprint density at radius 3 is 2.08 bits per heavy atom. The minimum Gasteiger partial charge on any atom is -0.388 e. The quantitative estimate of drug-likeness (QED) is 0.818. The summed E-state index contributed by atoms with van der Waals surface area (Å²) in [6.45, 7) is 9.83. The molecule has 1 atom stereocenters. The average molecular weight is 368 g/mol. The van der Waals surface area contributed by atoms with E-state index in [0.29, 0.717) is 11.3 Å². The summed E-state index contributed by atoms with van der Waals surface area (Å²) in [5.74, 6) is 0. The van der Waals surface area contributed by atoms with Crippen LogP contribution in [0.5, 0.6) is 0 Å². The van der Waals surface area contributed by atoms with E-state index in [1.165, 1.54) is 11.3 Å². The Balaban J connectivity index is 2.19. The molecule has 2 rings (SSSR count). The third kappa shape index (κ3) is 3.72. The third-order valence-electron chi connectivity index (χ3n) is 4.84. The van der Waals surface area contributed by atoms with Crippen LogP contribution in [0.15, 0.2) is 21.7 Å². The summed E-state index contributed by atoms with van der Waals surface area (Å²) in [4.78, 5) is 0.369. The van der Waals surface area contributed by atoms with Crippen molar-refractivity contribution in [3.63, 3.8) is 0 Å². The topological polar surface area (TPSA) is 66.4 Å². The van der Waals surface area contributed by atoms with Crippen LogP contribution in [0.1, 0.15) is 45.9 Å². The van der Waals surface area contributed by atoms with Gasteiger partial charge in [0.1, 0.15) is 0 Å². The van der Waals surface area contributed by atoms with E-state index in [4.69, 9.17) is 0 Å². The Hall–Kier alpha value is -1.21. The van der Waals surface area contributed by atoms with Gasteiger partial charge in [0.25, 0.3) is 0 Å². The lowest BCUT2D eigenvalue weighted by Gasteiger charge is -2.19. The fraction of sp³-hybridized carbons (Fsp3) is 0.444. The van der Waals surface area contributed by atoms with E-state index in [1.54, 1.807) is 0 Å². The fourth-order valence-electron chi connectivity index (χ4n) is 2.90. The molecule has 0 aliphatic heterocycles. The van der Waals surface area contributed by atoms with Gasteiger partial charge >= 0.3 is 0 Å². The maximum atomic E-state index is 12.8. The first-order chi connectivity index (χ1) is 11.2. The number of thiophene rings is 1. The average Bonchev–Trinajstić information content (AvgIpc) is 3.05. The van der Waals surface area contributed by atoms with Crippen molar-refractivity contribution in [3.05, 3.63) is 50.2 Å². The molecule has 0 fully saturated rings. The zero-order chi connectivity index (χ0) is 18.1. The van der Waals surface area contributed by atoms with Crippen LogP contribution in [-0.4, -0.2) is 20.1 Å². The first-order valence-electron chi connectivity index (χ1n) is 7.93. The molecular formula is C18H25NO3S2. The Morgan fingerprint density at radius 2 is 1.58 bits per heavy atom. The molecule has 0 amide bonds. The number of aliphatic hydroxyl groups is 1. The molecule has 0 saturated carbocycles. The van der Waals surface area contributed by atoms with Crippen molar-refractivity contribution < 1.29 is 13.5 Å². The van der Waals surface area contributed by atoms with Gasteiger partial charge in [-0.05, 0) is 91.2 Å². The lowest BCUT2D eigenvalue weighted by molar-refractivity contribution is 0.169. The largest absolute Gasteiger partial charge is 0.388 e. The lowest BCUT2D eigenvalue weighted by Crippen LogP contribution is -2.28. The number of nitrogens with one attached hydrogen (secondary N) is 1. The highest BCUT2D eigenvalue weighted by Gasteiger charge is 2.23. The molecule has 1 heterocycles. The third-order valence-corrected chi connectivity index (χ3v) is 7.27. The van der Waals surface area contributed by atoms with Crippen molar-refractivity contribution in [3.8, 4) is 0 Å². The van der Waals surface area contributed by atoms with E-state index in [1.807, 2.05) is 51.4 Å². The first kappa shape index (κ1) is 19.1. The second kappa shape index (κ2) is 7.35. The minimum atomic E-state index is -3.61. The Morgan fingerprint density at radius 1 is 1.04 bits per heavy atom. The van der Waals surface area contributed by atoms with Gasteiger partial charge in [0.2, 0.25) is 10.0 Å². The highest BCUT2D eigenvalue weighted by molar-refractivity contribution is 7.89. The highest BCUT2D eigenvalue weighted by Crippen LogP contribution is 2.29. The molecule has 4 nitrogen and oxygen atoms in total. The van der Waals surface area contributed by atoms with Crippen LogP contribution < -0.4 is 4.72 Å². The molecule has 0 aliphatic rings. The Bertz CT molecular complexity index is 795. The molecule has 6 heteroatoms. The van der Waals surface area contributed by atoms with Crippen molar-refractivity contribution >= 4 is 21.4 Å². The Kier molecular flexibility index (Phi) is 5.86. The molecule has 24 heavy (non-hydrogen) atoms. The first-order valence-corrected chi connectivity index (χ1v) is 10.4. The van der Waals surface area contributed by atoms with Crippen molar-refractivity contribution in [1.29, 1.82) is 0 Å². The molecule has 0 radical (unpaired) electrons. The van der Waals surface area contributed by atoms with E-state index < -0.39 is 16.1 Å². The van der Waals surface area contributed by atoms with Crippen LogP contribution in [0.2, 0.25) is 0 Å². The molecule has 0 spiro atoms. The molecule has 1 aromatic heterocycles. The summed E-state index contributed by atoms with van der Waals surface area (Å²) in [5.41, 5.74) is 5.57. The van der Waals surface area contributed by atoms with Crippen LogP contribution in [0, 0.1) is 34.6 Å². The van der Waals surface area contributed by atoms with Gasteiger partial charge < -0.3 is 5.11 Å². The van der Waals surface area contributed by atoms with E-state index in [-0.39, 0.29) is 6.54 Å².